The summed E-state index contributed by atoms with van der Waals surface area (Å²) in [6, 6.07) is 0. The van der Waals surface area contributed by atoms with Crippen LogP contribution >= 0.6 is 0 Å². The average molecular weight is 205 g/mol. The van der Waals surface area contributed by atoms with Gasteiger partial charge in [-0.1, -0.05) is 13.3 Å². The van der Waals surface area contributed by atoms with Gasteiger partial charge < -0.3 is 4.57 Å². The first kappa shape index (κ1) is 10.0. The van der Waals surface area contributed by atoms with Crippen LogP contribution in [0.5, 0.6) is 0 Å². The van der Waals surface area contributed by atoms with Crippen molar-refractivity contribution in [2.75, 3.05) is 6.54 Å². The summed E-state index contributed by atoms with van der Waals surface area (Å²) in [7, 11) is 0. The zero-order chi connectivity index (χ0) is 10.5. The SMILES string of the molecule is CCCCNCn1cnc2cncnc21. The van der Waals surface area contributed by atoms with Gasteiger partial charge in [0.1, 0.15) is 11.8 Å². The molecule has 80 valence electrons. The lowest BCUT2D eigenvalue weighted by atomic mass is 10.3. The Labute approximate surface area is 88.6 Å². The van der Waals surface area contributed by atoms with Crippen LogP contribution in [0, 0.1) is 0 Å². The molecule has 0 saturated carbocycles. The highest BCUT2D eigenvalue weighted by Crippen LogP contribution is 2.05. The molecule has 5 nitrogen and oxygen atoms in total. The van der Waals surface area contributed by atoms with Crippen molar-refractivity contribution in [1.82, 2.24) is 24.8 Å². The Morgan fingerprint density at radius 3 is 3.20 bits per heavy atom. The van der Waals surface area contributed by atoms with E-state index in [9.17, 15) is 0 Å². The molecule has 5 heteroatoms. The minimum absolute atomic E-state index is 0.757. The van der Waals surface area contributed by atoms with E-state index < -0.39 is 0 Å². The summed E-state index contributed by atoms with van der Waals surface area (Å²) in [4.78, 5) is 12.3. The van der Waals surface area contributed by atoms with Crippen LogP contribution in [0.15, 0.2) is 18.9 Å². The lowest BCUT2D eigenvalue weighted by Crippen LogP contribution is -2.19. The molecule has 2 heterocycles. The highest BCUT2D eigenvalue weighted by atomic mass is 15.2. The van der Waals surface area contributed by atoms with Gasteiger partial charge in [-0.3, -0.25) is 5.32 Å². The van der Waals surface area contributed by atoms with Gasteiger partial charge in [-0.05, 0) is 13.0 Å². The standard InChI is InChI=1S/C10H15N5/c1-2-3-4-11-7-15-8-14-9-5-12-6-13-10(9)15/h5-6,8,11H,2-4,7H2,1H3. The predicted octanol–water partition coefficient (Wildman–Crippen LogP) is 1.17. The molecule has 1 N–H and O–H groups in total. The van der Waals surface area contributed by atoms with E-state index in [1.807, 2.05) is 4.57 Å². The molecule has 0 spiro atoms. The van der Waals surface area contributed by atoms with Gasteiger partial charge in [0.25, 0.3) is 0 Å². The Morgan fingerprint density at radius 2 is 2.33 bits per heavy atom. The molecule has 0 amide bonds. The van der Waals surface area contributed by atoms with Gasteiger partial charge in [-0.15, -0.1) is 0 Å². The zero-order valence-electron chi connectivity index (χ0n) is 8.85. The molecule has 0 aromatic carbocycles. The van der Waals surface area contributed by atoms with Crippen LogP contribution in [-0.4, -0.2) is 26.1 Å². The number of unbranched alkanes of at least 4 members (excludes halogenated alkanes) is 1. The summed E-state index contributed by atoms with van der Waals surface area (Å²) in [6.45, 7) is 3.97. The number of fused-ring (bicyclic) bond motifs is 1. The third-order valence-corrected chi connectivity index (χ3v) is 2.27. The third kappa shape index (κ3) is 2.30. The van der Waals surface area contributed by atoms with Crippen LogP contribution in [0.1, 0.15) is 19.8 Å². The van der Waals surface area contributed by atoms with Gasteiger partial charge in [0.05, 0.1) is 19.2 Å². The normalized spacial score (nSPS) is 11.0. The first-order chi connectivity index (χ1) is 7.42. The second-order valence-corrected chi connectivity index (χ2v) is 3.46. The minimum Gasteiger partial charge on any atom is -0.302 e. The van der Waals surface area contributed by atoms with Crippen molar-refractivity contribution in [2.24, 2.45) is 0 Å². The maximum Gasteiger partial charge on any atom is 0.164 e. The van der Waals surface area contributed by atoms with Gasteiger partial charge in [0, 0.05) is 0 Å². The topological polar surface area (TPSA) is 55.6 Å². The number of imidazole rings is 1. The van der Waals surface area contributed by atoms with Gasteiger partial charge in [0.2, 0.25) is 0 Å². The zero-order valence-corrected chi connectivity index (χ0v) is 8.85. The van der Waals surface area contributed by atoms with Crippen molar-refractivity contribution in [1.29, 1.82) is 0 Å². The molecule has 0 saturated heterocycles. The second kappa shape index (κ2) is 4.84. The fourth-order valence-corrected chi connectivity index (χ4v) is 1.43. The number of nitrogens with zero attached hydrogens (tertiary/aromatic N) is 4. The highest BCUT2D eigenvalue weighted by molar-refractivity contribution is 5.68. The Bertz CT molecular complexity index is 422. The molecule has 15 heavy (non-hydrogen) atoms. The summed E-state index contributed by atoms with van der Waals surface area (Å²) in [6.07, 6.45) is 7.47. The lowest BCUT2D eigenvalue weighted by Gasteiger charge is -2.04. The van der Waals surface area contributed by atoms with Gasteiger partial charge >= 0.3 is 0 Å². The van der Waals surface area contributed by atoms with E-state index in [4.69, 9.17) is 0 Å². The maximum atomic E-state index is 4.22. The Kier molecular flexibility index (Phi) is 3.24. The number of hydrogen-bond acceptors (Lipinski definition) is 4. The van der Waals surface area contributed by atoms with Crippen LogP contribution in [0.2, 0.25) is 0 Å². The fourth-order valence-electron chi connectivity index (χ4n) is 1.43. The lowest BCUT2D eigenvalue weighted by molar-refractivity contribution is 0.548. The van der Waals surface area contributed by atoms with E-state index in [0.717, 1.165) is 24.4 Å². The van der Waals surface area contributed by atoms with E-state index >= 15 is 0 Å². The van der Waals surface area contributed by atoms with Crippen LogP contribution in [-0.2, 0) is 6.67 Å². The first-order valence-corrected chi connectivity index (χ1v) is 5.23. The average Bonchev–Trinajstić information content (AvgIpc) is 2.68. The second-order valence-electron chi connectivity index (χ2n) is 3.46. The molecule has 0 aliphatic heterocycles. The van der Waals surface area contributed by atoms with Crippen molar-refractivity contribution in [2.45, 2.75) is 26.4 Å². The smallest absolute Gasteiger partial charge is 0.164 e. The van der Waals surface area contributed by atoms with Crippen LogP contribution in [0.3, 0.4) is 0 Å². The predicted molar refractivity (Wildman–Crippen MR) is 58.2 cm³/mol. The van der Waals surface area contributed by atoms with Crippen molar-refractivity contribution < 1.29 is 0 Å². The molecule has 0 aliphatic rings. The molecule has 2 aromatic heterocycles. The molecule has 0 aliphatic carbocycles. The van der Waals surface area contributed by atoms with E-state index in [2.05, 4.69) is 27.2 Å². The molecular weight excluding hydrogens is 190 g/mol. The fraction of sp³-hybridized carbons (Fsp3) is 0.500. The van der Waals surface area contributed by atoms with E-state index in [1.165, 1.54) is 12.8 Å². The van der Waals surface area contributed by atoms with Crippen LogP contribution < -0.4 is 5.32 Å². The molecule has 2 rings (SSSR count). The molecule has 2 aromatic rings. The third-order valence-electron chi connectivity index (χ3n) is 2.27. The van der Waals surface area contributed by atoms with Crippen molar-refractivity contribution in [3.05, 3.63) is 18.9 Å². The van der Waals surface area contributed by atoms with Gasteiger partial charge in [-0.25, -0.2) is 15.0 Å². The molecule has 0 bridgehead atoms. The summed E-state index contributed by atoms with van der Waals surface area (Å²) >= 11 is 0. The van der Waals surface area contributed by atoms with Crippen LogP contribution in [0.25, 0.3) is 11.2 Å². The number of nitrogens with one attached hydrogen (secondary N) is 1. The van der Waals surface area contributed by atoms with Crippen LogP contribution in [0.4, 0.5) is 0 Å². The molecule has 0 unspecified atom stereocenters. The first-order valence-electron chi connectivity index (χ1n) is 5.23. The number of hydrogen-bond donors (Lipinski definition) is 1. The van der Waals surface area contributed by atoms with E-state index in [1.54, 1.807) is 18.9 Å². The summed E-state index contributed by atoms with van der Waals surface area (Å²) in [5, 5.41) is 3.34. The summed E-state index contributed by atoms with van der Waals surface area (Å²) in [5.74, 6) is 0. The van der Waals surface area contributed by atoms with Gasteiger partial charge in [-0.2, -0.15) is 0 Å². The highest BCUT2D eigenvalue weighted by Gasteiger charge is 2.01. The summed E-state index contributed by atoms with van der Waals surface area (Å²) in [5.41, 5.74) is 1.73. The Balaban J connectivity index is 2.02. The molecule has 0 fully saturated rings. The minimum atomic E-state index is 0.757. The van der Waals surface area contributed by atoms with E-state index in [0.29, 0.717) is 0 Å². The Morgan fingerprint density at radius 1 is 1.40 bits per heavy atom. The largest absolute Gasteiger partial charge is 0.302 e. The number of aromatic nitrogens is 4. The number of rotatable bonds is 5. The van der Waals surface area contributed by atoms with Crippen molar-refractivity contribution >= 4 is 11.2 Å². The monoisotopic (exact) mass is 205 g/mol. The molecule has 0 radical (unpaired) electrons. The van der Waals surface area contributed by atoms with E-state index in [-0.39, 0.29) is 0 Å². The molecule has 0 atom stereocenters. The maximum absolute atomic E-state index is 4.22. The van der Waals surface area contributed by atoms with Crippen molar-refractivity contribution in [3.8, 4) is 0 Å². The van der Waals surface area contributed by atoms with Gasteiger partial charge in [0.15, 0.2) is 5.65 Å². The van der Waals surface area contributed by atoms with Crippen molar-refractivity contribution in [3.63, 3.8) is 0 Å². The quantitative estimate of drug-likeness (QED) is 0.744. The summed E-state index contributed by atoms with van der Waals surface area (Å²) < 4.78 is 1.99. The Hall–Kier alpha value is -1.49. The molecular formula is C10H15N5.